The van der Waals surface area contributed by atoms with Gasteiger partial charge in [0.1, 0.15) is 0 Å². The highest BCUT2D eigenvalue weighted by Crippen LogP contribution is 2.22. The molecule has 0 aliphatic heterocycles. The SMILES string of the molecule is CC1=CC=C(n2ccc(C(C)(C)C)n2)CC=C1. The average Bonchev–Trinajstić information content (AvgIpc) is 2.63. The normalized spacial score (nSPS) is 16.5. The lowest BCUT2D eigenvalue weighted by atomic mass is 9.93. The lowest BCUT2D eigenvalue weighted by Gasteiger charge is -2.14. The Morgan fingerprint density at radius 3 is 2.65 bits per heavy atom. The Bertz CT molecular complexity index is 493. The number of nitrogens with zero attached hydrogens (tertiary/aromatic N) is 2. The first-order valence-corrected chi connectivity index (χ1v) is 6.07. The fraction of sp³-hybridized carbons (Fsp3) is 0.400. The number of allylic oxidation sites excluding steroid dienone is 6. The zero-order chi connectivity index (χ0) is 12.5. The molecule has 1 heterocycles. The minimum absolute atomic E-state index is 0.109. The van der Waals surface area contributed by atoms with Crippen LogP contribution in [0.25, 0.3) is 5.70 Å². The van der Waals surface area contributed by atoms with Gasteiger partial charge in [0.05, 0.1) is 5.69 Å². The van der Waals surface area contributed by atoms with Gasteiger partial charge in [-0.15, -0.1) is 0 Å². The molecule has 0 fully saturated rings. The molecule has 0 atom stereocenters. The molecule has 1 aliphatic carbocycles. The molecule has 1 aliphatic rings. The van der Waals surface area contributed by atoms with Crippen LogP contribution in [0.2, 0.25) is 0 Å². The highest BCUT2D eigenvalue weighted by molar-refractivity contribution is 5.52. The predicted octanol–water partition coefficient (Wildman–Crippen LogP) is 3.93. The van der Waals surface area contributed by atoms with Crippen molar-refractivity contribution < 1.29 is 0 Å². The minimum atomic E-state index is 0.109. The molecule has 1 aromatic rings. The largest absolute Gasteiger partial charge is 0.244 e. The molecule has 0 N–H and O–H groups in total. The second-order valence-corrected chi connectivity index (χ2v) is 5.57. The smallest absolute Gasteiger partial charge is 0.0682 e. The summed E-state index contributed by atoms with van der Waals surface area (Å²) in [7, 11) is 0. The lowest BCUT2D eigenvalue weighted by molar-refractivity contribution is 0.560. The molecule has 0 radical (unpaired) electrons. The third-order valence-electron chi connectivity index (χ3n) is 2.90. The Kier molecular flexibility index (Phi) is 3.05. The maximum atomic E-state index is 4.66. The van der Waals surface area contributed by atoms with E-state index in [1.807, 2.05) is 4.68 Å². The molecule has 1 aromatic heterocycles. The summed E-state index contributed by atoms with van der Waals surface area (Å²) in [5.41, 5.74) is 3.74. The van der Waals surface area contributed by atoms with Crippen LogP contribution in [-0.4, -0.2) is 9.78 Å². The molecule has 17 heavy (non-hydrogen) atoms. The summed E-state index contributed by atoms with van der Waals surface area (Å²) in [6.07, 6.45) is 11.6. The molecular weight excluding hydrogens is 208 g/mol. The Morgan fingerprint density at radius 1 is 1.24 bits per heavy atom. The van der Waals surface area contributed by atoms with E-state index in [1.165, 1.54) is 11.3 Å². The number of hydrogen-bond acceptors (Lipinski definition) is 1. The first-order chi connectivity index (χ1) is 7.97. The van der Waals surface area contributed by atoms with Gasteiger partial charge in [0.25, 0.3) is 0 Å². The van der Waals surface area contributed by atoms with Crippen molar-refractivity contribution in [2.24, 2.45) is 0 Å². The summed E-state index contributed by atoms with van der Waals surface area (Å²) in [4.78, 5) is 0. The van der Waals surface area contributed by atoms with Crippen molar-refractivity contribution in [2.45, 2.75) is 39.5 Å². The molecule has 0 amide bonds. The topological polar surface area (TPSA) is 17.8 Å². The van der Waals surface area contributed by atoms with Crippen LogP contribution >= 0.6 is 0 Å². The summed E-state index contributed by atoms with van der Waals surface area (Å²) in [6, 6.07) is 2.10. The van der Waals surface area contributed by atoms with Crippen LogP contribution in [0.15, 0.2) is 42.1 Å². The summed E-state index contributed by atoms with van der Waals surface area (Å²) >= 11 is 0. The van der Waals surface area contributed by atoms with Crippen LogP contribution in [0.4, 0.5) is 0 Å². The number of rotatable bonds is 1. The quantitative estimate of drug-likeness (QED) is 0.712. The average molecular weight is 228 g/mol. The van der Waals surface area contributed by atoms with Crippen molar-refractivity contribution in [3.63, 3.8) is 0 Å². The second-order valence-electron chi connectivity index (χ2n) is 5.57. The number of aromatic nitrogens is 2. The van der Waals surface area contributed by atoms with E-state index in [-0.39, 0.29) is 5.41 Å². The molecule has 2 rings (SSSR count). The maximum absolute atomic E-state index is 4.66. The van der Waals surface area contributed by atoms with Gasteiger partial charge in [0.15, 0.2) is 0 Å². The van der Waals surface area contributed by atoms with Crippen LogP contribution in [0, 0.1) is 0 Å². The van der Waals surface area contributed by atoms with E-state index in [9.17, 15) is 0 Å². The predicted molar refractivity (Wildman–Crippen MR) is 72.7 cm³/mol. The zero-order valence-electron chi connectivity index (χ0n) is 11.1. The fourth-order valence-corrected chi connectivity index (χ4v) is 1.77. The van der Waals surface area contributed by atoms with Gasteiger partial charge in [-0.2, -0.15) is 5.10 Å². The van der Waals surface area contributed by atoms with Crippen LogP contribution in [0.5, 0.6) is 0 Å². The van der Waals surface area contributed by atoms with E-state index in [4.69, 9.17) is 0 Å². The van der Waals surface area contributed by atoms with Gasteiger partial charge in [-0.05, 0) is 19.1 Å². The molecule has 0 aromatic carbocycles. The van der Waals surface area contributed by atoms with Crippen molar-refractivity contribution in [3.05, 3.63) is 47.8 Å². The Balaban J connectivity index is 2.30. The summed E-state index contributed by atoms with van der Waals surface area (Å²) in [5.74, 6) is 0. The van der Waals surface area contributed by atoms with Crippen molar-refractivity contribution >= 4 is 5.70 Å². The third kappa shape index (κ3) is 2.76. The maximum Gasteiger partial charge on any atom is 0.0682 e. The van der Waals surface area contributed by atoms with Gasteiger partial charge in [-0.1, -0.05) is 44.6 Å². The highest BCUT2D eigenvalue weighted by Gasteiger charge is 2.17. The number of hydrogen-bond donors (Lipinski definition) is 0. The molecule has 0 saturated carbocycles. The minimum Gasteiger partial charge on any atom is -0.244 e. The fourth-order valence-electron chi connectivity index (χ4n) is 1.77. The van der Waals surface area contributed by atoms with Gasteiger partial charge < -0.3 is 0 Å². The molecule has 90 valence electrons. The lowest BCUT2D eigenvalue weighted by Crippen LogP contribution is -2.12. The van der Waals surface area contributed by atoms with Gasteiger partial charge >= 0.3 is 0 Å². The molecule has 2 nitrogen and oxygen atoms in total. The molecule has 0 bridgehead atoms. The third-order valence-corrected chi connectivity index (χ3v) is 2.90. The van der Waals surface area contributed by atoms with Crippen LogP contribution in [0.3, 0.4) is 0 Å². The molecule has 0 unspecified atom stereocenters. The van der Waals surface area contributed by atoms with Crippen molar-refractivity contribution in [3.8, 4) is 0 Å². The summed E-state index contributed by atoms with van der Waals surface area (Å²) in [6.45, 7) is 8.67. The van der Waals surface area contributed by atoms with Crippen molar-refractivity contribution in [2.75, 3.05) is 0 Å². The molecule has 0 spiro atoms. The van der Waals surface area contributed by atoms with Gasteiger partial charge in [-0.3, -0.25) is 0 Å². The van der Waals surface area contributed by atoms with E-state index in [0.717, 1.165) is 12.1 Å². The highest BCUT2D eigenvalue weighted by atomic mass is 15.3. The van der Waals surface area contributed by atoms with E-state index in [2.05, 4.69) is 69.4 Å². The van der Waals surface area contributed by atoms with Gasteiger partial charge in [-0.25, -0.2) is 4.68 Å². The Labute approximate surface area is 103 Å². The van der Waals surface area contributed by atoms with Gasteiger partial charge in [0, 0.05) is 23.7 Å². The summed E-state index contributed by atoms with van der Waals surface area (Å²) < 4.78 is 1.99. The van der Waals surface area contributed by atoms with E-state index in [0.29, 0.717) is 0 Å². The first-order valence-electron chi connectivity index (χ1n) is 6.07. The van der Waals surface area contributed by atoms with Crippen LogP contribution in [-0.2, 0) is 5.41 Å². The van der Waals surface area contributed by atoms with Crippen LogP contribution in [0.1, 0.15) is 39.8 Å². The Hall–Kier alpha value is -1.57. The van der Waals surface area contributed by atoms with Crippen molar-refractivity contribution in [1.82, 2.24) is 9.78 Å². The van der Waals surface area contributed by atoms with Crippen LogP contribution < -0.4 is 0 Å². The zero-order valence-corrected chi connectivity index (χ0v) is 11.1. The standard InChI is InChI=1S/C15H20N2/c1-12-6-5-7-13(9-8-12)17-11-10-14(16-17)15(2,3)4/h5-6,8-11H,7H2,1-4H3. The van der Waals surface area contributed by atoms with E-state index in [1.54, 1.807) is 0 Å². The summed E-state index contributed by atoms with van der Waals surface area (Å²) in [5, 5.41) is 4.66. The first kappa shape index (κ1) is 11.9. The van der Waals surface area contributed by atoms with E-state index < -0.39 is 0 Å². The molecule has 2 heteroatoms. The molecule has 0 saturated heterocycles. The molecular formula is C15H20N2. The second kappa shape index (κ2) is 4.36. The van der Waals surface area contributed by atoms with Crippen molar-refractivity contribution in [1.29, 1.82) is 0 Å². The van der Waals surface area contributed by atoms with Gasteiger partial charge in [0.2, 0.25) is 0 Å². The Morgan fingerprint density at radius 2 is 2.00 bits per heavy atom. The van der Waals surface area contributed by atoms with E-state index >= 15 is 0 Å². The monoisotopic (exact) mass is 228 g/mol.